The average Bonchev–Trinajstić information content (AvgIpc) is 2.46. The van der Waals surface area contributed by atoms with Crippen LogP contribution in [0.15, 0.2) is 18.2 Å². The monoisotopic (exact) mass is 282 g/mol. The van der Waals surface area contributed by atoms with Crippen molar-refractivity contribution in [2.24, 2.45) is 0 Å². The summed E-state index contributed by atoms with van der Waals surface area (Å²) in [5.41, 5.74) is 2.41. The van der Waals surface area contributed by atoms with Crippen LogP contribution in [-0.4, -0.2) is 33.4 Å². The van der Waals surface area contributed by atoms with E-state index < -0.39 is 0 Å². The Labute approximate surface area is 120 Å². The molecule has 19 heavy (non-hydrogen) atoms. The van der Waals surface area contributed by atoms with Crippen molar-refractivity contribution >= 4 is 17.3 Å². The fourth-order valence-corrected chi connectivity index (χ4v) is 2.67. The molecule has 0 spiro atoms. The lowest BCUT2D eigenvalue weighted by atomic mass is 10.1. The molecule has 106 valence electrons. The summed E-state index contributed by atoms with van der Waals surface area (Å²) in [7, 11) is 1.71. The second-order valence-electron chi connectivity index (χ2n) is 4.99. The molecule has 0 amide bonds. The Morgan fingerprint density at radius 3 is 2.74 bits per heavy atom. The molecular weight excluding hydrogens is 260 g/mol. The van der Waals surface area contributed by atoms with Gasteiger partial charge in [-0.15, -0.1) is 0 Å². The maximum Gasteiger partial charge on any atom is 0.0587 e. The molecule has 3 nitrogen and oxygen atoms in total. The first-order valence-corrected chi connectivity index (χ1v) is 7.42. The molecule has 0 bridgehead atoms. The van der Waals surface area contributed by atoms with Gasteiger partial charge < -0.3 is 15.0 Å². The molecule has 4 heteroatoms. The summed E-state index contributed by atoms with van der Waals surface area (Å²) < 4.78 is 5.01. The van der Waals surface area contributed by atoms with Crippen LogP contribution in [0.2, 0.25) is 5.02 Å². The number of piperidine rings is 1. The van der Waals surface area contributed by atoms with Gasteiger partial charge in [0.05, 0.1) is 6.61 Å². The standard InChI is InChI=1S/C15H23ClN2O/c1-19-10-7-17-12-13-5-6-14(11-15(13)16)18-8-3-2-4-9-18/h5-6,11,17H,2-4,7-10,12H2,1H3. The second-order valence-corrected chi connectivity index (χ2v) is 5.40. The van der Waals surface area contributed by atoms with E-state index >= 15 is 0 Å². The van der Waals surface area contributed by atoms with Crippen molar-refractivity contribution < 1.29 is 4.74 Å². The van der Waals surface area contributed by atoms with Gasteiger partial charge in [0.1, 0.15) is 0 Å². The van der Waals surface area contributed by atoms with Crippen LogP contribution in [0.3, 0.4) is 0 Å². The molecular formula is C15H23ClN2O. The van der Waals surface area contributed by atoms with Crippen molar-refractivity contribution in [3.05, 3.63) is 28.8 Å². The molecule has 0 atom stereocenters. The predicted molar refractivity (Wildman–Crippen MR) is 81.1 cm³/mol. The van der Waals surface area contributed by atoms with E-state index in [1.54, 1.807) is 7.11 Å². The van der Waals surface area contributed by atoms with E-state index in [9.17, 15) is 0 Å². The minimum absolute atomic E-state index is 0.726. The lowest BCUT2D eigenvalue weighted by Crippen LogP contribution is -2.29. The molecule has 0 aliphatic carbocycles. The minimum Gasteiger partial charge on any atom is -0.383 e. The highest BCUT2D eigenvalue weighted by molar-refractivity contribution is 6.31. The Balaban J connectivity index is 1.92. The van der Waals surface area contributed by atoms with Gasteiger partial charge >= 0.3 is 0 Å². The fourth-order valence-electron chi connectivity index (χ4n) is 2.43. The third-order valence-corrected chi connectivity index (χ3v) is 3.91. The van der Waals surface area contributed by atoms with Crippen molar-refractivity contribution in [3.63, 3.8) is 0 Å². The average molecular weight is 283 g/mol. The Bertz CT molecular complexity index is 392. The number of halogens is 1. The van der Waals surface area contributed by atoms with E-state index in [1.165, 1.54) is 24.9 Å². The minimum atomic E-state index is 0.726. The summed E-state index contributed by atoms with van der Waals surface area (Å²) in [6.45, 7) is 4.68. The smallest absolute Gasteiger partial charge is 0.0587 e. The van der Waals surface area contributed by atoms with Crippen LogP contribution in [0.4, 0.5) is 5.69 Å². The summed E-state index contributed by atoms with van der Waals surface area (Å²) in [5.74, 6) is 0. The van der Waals surface area contributed by atoms with Gasteiger partial charge in [0.15, 0.2) is 0 Å². The van der Waals surface area contributed by atoms with Gasteiger partial charge in [-0.25, -0.2) is 0 Å². The van der Waals surface area contributed by atoms with Crippen molar-refractivity contribution in [2.45, 2.75) is 25.8 Å². The molecule has 0 radical (unpaired) electrons. The zero-order valence-corrected chi connectivity index (χ0v) is 12.4. The van der Waals surface area contributed by atoms with Gasteiger partial charge in [-0.3, -0.25) is 0 Å². The van der Waals surface area contributed by atoms with E-state index in [2.05, 4.69) is 28.4 Å². The van der Waals surface area contributed by atoms with Gasteiger partial charge in [0, 0.05) is 44.0 Å². The number of nitrogens with one attached hydrogen (secondary N) is 1. The molecule has 0 aromatic heterocycles. The normalized spacial score (nSPS) is 15.8. The SMILES string of the molecule is COCCNCc1ccc(N2CCCCC2)cc1Cl. The Hall–Kier alpha value is -0.770. The van der Waals surface area contributed by atoms with Crippen LogP contribution < -0.4 is 10.2 Å². The number of rotatable bonds is 6. The van der Waals surface area contributed by atoms with E-state index in [0.29, 0.717) is 0 Å². The molecule has 1 N–H and O–H groups in total. The van der Waals surface area contributed by atoms with E-state index in [-0.39, 0.29) is 0 Å². The molecule has 0 saturated carbocycles. The Morgan fingerprint density at radius 2 is 2.05 bits per heavy atom. The molecule has 1 aromatic rings. The molecule has 1 heterocycles. The topological polar surface area (TPSA) is 24.5 Å². The maximum absolute atomic E-state index is 6.36. The second kappa shape index (κ2) is 7.73. The summed E-state index contributed by atoms with van der Waals surface area (Å²) in [6, 6.07) is 6.41. The molecule has 1 aliphatic rings. The van der Waals surface area contributed by atoms with Gasteiger partial charge in [0.2, 0.25) is 0 Å². The number of hydrogen-bond acceptors (Lipinski definition) is 3. The first-order chi connectivity index (χ1) is 9.31. The first kappa shape index (κ1) is 14.6. The quantitative estimate of drug-likeness (QED) is 0.812. The number of benzene rings is 1. The summed E-state index contributed by atoms with van der Waals surface area (Å²) in [4.78, 5) is 2.43. The van der Waals surface area contributed by atoms with Crippen molar-refractivity contribution in [1.82, 2.24) is 5.32 Å². The molecule has 0 unspecified atom stereocenters. The predicted octanol–water partition coefficient (Wildman–Crippen LogP) is 3.07. The van der Waals surface area contributed by atoms with Crippen molar-refractivity contribution in [1.29, 1.82) is 0 Å². The summed E-state index contributed by atoms with van der Waals surface area (Å²) in [5, 5.41) is 4.17. The number of ether oxygens (including phenoxy) is 1. The highest BCUT2D eigenvalue weighted by Crippen LogP contribution is 2.26. The Morgan fingerprint density at radius 1 is 1.26 bits per heavy atom. The Kier molecular flexibility index (Phi) is 5.95. The molecule has 1 aromatic carbocycles. The van der Waals surface area contributed by atoms with E-state index in [1.807, 2.05) is 0 Å². The van der Waals surface area contributed by atoms with Gasteiger partial charge in [-0.05, 0) is 37.0 Å². The van der Waals surface area contributed by atoms with Gasteiger partial charge in [-0.2, -0.15) is 0 Å². The lowest BCUT2D eigenvalue weighted by molar-refractivity contribution is 0.199. The van der Waals surface area contributed by atoms with Crippen LogP contribution in [0.5, 0.6) is 0 Å². The fraction of sp³-hybridized carbons (Fsp3) is 0.600. The number of nitrogens with zero attached hydrogens (tertiary/aromatic N) is 1. The van der Waals surface area contributed by atoms with Crippen LogP contribution >= 0.6 is 11.6 Å². The largest absolute Gasteiger partial charge is 0.383 e. The van der Waals surface area contributed by atoms with E-state index in [0.717, 1.165) is 43.4 Å². The van der Waals surface area contributed by atoms with Crippen LogP contribution in [0.1, 0.15) is 24.8 Å². The zero-order valence-electron chi connectivity index (χ0n) is 11.6. The van der Waals surface area contributed by atoms with Crippen LogP contribution in [0.25, 0.3) is 0 Å². The number of anilines is 1. The first-order valence-electron chi connectivity index (χ1n) is 7.04. The van der Waals surface area contributed by atoms with Crippen molar-refractivity contribution in [2.75, 3.05) is 38.3 Å². The third kappa shape index (κ3) is 4.37. The highest BCUT2D eigenvalue weighted by Gasteiger charge is 2.12. The molecule has 1 saturated heterocycles. The highest BCUT2D eigenvalue weighted by atomic mass is 35.5. The molecule has 2 rings (SSSR count). The third-order valence-electron chi connectivity index (χ3n) is 3.56. The number of methoxy groups -OCH3 is 1. The number of hydrogen-bond donors (Lipinski definition) is 1. The molecule has 1 fully saturated rings. The zero-order chi connectivity index (χ0) is 13.5. The van der Waals surface area contributed by atoms with Crippen molar-refractivity contribution in [3.8, 4) is 0 Å². The summed E-state index contributed by atoms with van der Waals surface area (Å²) in [6.07, 6.45) is 3.93. The van der Waals surface area contributed by atoms with Crippen LogP contribution in [-0.2, 0) is 11.3 Å². The van der Waals surface area contributed by atoms with E-state index in [4.69, 9.17) is 16.3 Å². The van der Waals surface area contributed by atoms with Crippen LogP contribution in [0, 0.1) is 0 Å². The molecule has 1 aliphatic heterocycles. The lowest BCUT2D eigenvalue weighted by Gasteiger charge is -2.29. The van der Waals surface area contributed by atoms with Gasteiger partial charge in [0.25, 0.3) is 0 Å². The summed E-state index contributed by atoms with van der Waals surface area (Å²) >= 11 is 6.36. The maximum atomic E-state index is 6.36. The van der Waals surface area contributed by atoms with Gasteiger partial charge in [-0.1, -0.05) is 17.7 Å².